The van der Waals surface area contributed by atoms with Crippen LogP contribution in [-0.4, -0.2) is 14.5 Å². The highest BCUT2D eigenvalue weighted by molar-refractivity contribution is 6.17. The molecule has 1 aromatic heterocycles. The van der Waals surface area contributed by atoms with E-state index in [1.54, 1.807) is 29.1 Å². The Morgan fingerprint density at radius 1 is 1.50 bits per heavy atom. The number of halogens is 1. The molecule has 0 unspecified atom stereocenters. The first-order valence-electron chi connectivity index (χ1n) is 4.54. The zero-order valence-electron chi connectivity index (χ0n) is 8.21. The summed E-state index contributed by atoms with van der Waals surface area (Å²) in [5.74, 6) is 0.255. The number of nitro groups is 1. The van der Waals surface area contributed by atoms with E-state index < -0.39 is 4.92 Å². The maximum Gasteiger partial charge on any atom is 0.293 e. The van der Waals surface area contributed by atoms with Gasteiger partial charge in [0.05, 0.1) is 11.3 Å². The fourth-order valence-electron chi connectivity index (χ4n) is 1.42. The van der Waals surface area contributed by atoms with Gasteiger partial charge in [0.15, 0.2) is 0 Å². The topological polar surface area (TPSA) is 61.0 Å². The second kappa shape index (κ2) is 4.32. The van der Waals surface area contributed by atoms with Gasteiger partial charge in [0.25, 0.3) is 5.69 Å². The molecule has 82 valence electrons. The van der Waals surface area contributed by atoms with Gasteiger partial charge in [-0.05, 0) is 11.6 Å². The zero-order valence-corrected chi connectivity index (χ0v) is 8.96. The van der Waals surface area contributed by atoms with Gasteiger partial charge in [-0.3, -0.25) is 10.1 Å². The molecule has 2 rings (SSSR count). The summed E-state index contributed by atoms with van der Waals surface area (Å²) in [5.41, 5.74) is 1.23. The minimum Gasteiger partial charge on any atom is -0.300 e. The molecule has 0 fully saturated rings. The van der Waals surface area contributed by atoms with Crippen LogP contribution in [0.5, 0.6) is 0 Å². The Morgan fingerprint density at radius 3 is 2.88 bits per heavy atom. The number of rotatable bonds is 3. The van der Waals surface area contributed by atoms with Crippen molar-refractivity contribution >= 4 is 17.3 Å². The molecule has 6 heteroatoms. The highest BCUT2D eigenvalue weighted by Gasteiger charge is 2.15. The van der Waals surface area contributed by atoms with Crippen LogP contribution in [0.1, 0.15) is 5.56 Å². The summed E-state index contributed by atoms with van der Waals surface area (Å²) < 4.78 is 1.59. The monoisotopic (exact) mass is 237 g/mol. The Balaban J connectivity index is 2.57. The van der Waals surface area contributed by atoms with Crippen molar-refractivity contribution in [2.45, 2.75) is 5.88 Å². The first-order valence-corrected chi connectivity index (χ1v) is 5.07. The highest BCUT2D eigenvalue weighted by Crippen LogP contribution is 2.24. The Hall–Kier alpha value is -1.88. The van der Waals surface area contributed by atoms with E-state index in [4.69, 9.17) is 11.6 Å². The van der Waals surface area contributed by atoms with Crippen molar-refractivity contribution in [3.05, 3.63) is 52.6 Å². The predicted molar refractivity (Wildman–Crippen MR) is 59.8 cm³/mol. The van der Waals surface area contributed by atoms with E-state index in [1.807, 2.05) is 0 Å². The number of nitro benzene ring substituents is 1. The largest absolute Gasteiger partial charge is 0.300 e. The zero-order chi connectivity index (χ0) is 11.5. The molecule has 0 aliphatic carbocycles. The van der Waals surface area contributed by atoms with Crippen LogP contribution >= 0.6 is 11.6 Å². The normalized spacial score (nSPS) is 10.3. The highest BCUT2D eigenvalue weighted by atomic mass is 35.5. The summed E-state index contributed by atoms with van der Waals surface area (Å²) in [6.07, 6.45) is 4.74. The summed E-state index contributed by atoms with van der Waals surface area (Å²) in [7, 11) is 0. The van der Waals surface area contributed by atoms with Crippen LogP contribution in [0.4, 0.5) is 5.69 Å². The third kappa shape index (κ3) is 1.90. The minimum atomic E-state index is -0.425. The van der Waals surface area contributed by atoms with E-state index in [0.29, 0.717) is 5.69 Å². The van der Waals surface area contributed by atoms with Crippen molar-refractivity contribution in [2.75, 3.05) is 0 Å². The molecule has 2 aromatic rings. The summed E-state index contributed by atoms with van der Waals surface area (Å²) >= 11 is 5.64. The lowest BCUT2D eigenvalue weighted by Gasteiger charge is -2.04. The number of nitrogens with zero attached hydrogens (tertiary/aromatic N) is 3. The molecule has 0 saturated heterocycles. The van der Waals surface area contributed by atoms with Gasteiger partial charge >= 0.3 is 0 Å². The molecular weight excluding hydrogens is 230 g/mol. The molecule has 0 atom stereocenters. The van der Waals surface area contributed by atoms with E-state index in [9.17, 15) is 10.1 Å². The number of imidazole rings is 1. The quantitative estimate of drug-likeness (QED) is 0.468. The third-order valence-corrected chi connectivity index (χ3v) is 2.48. The third-order valence-electron chi connectivity index (χ3n) is 2.17. The Labute approximate surface area is 96.4 Å². The van der Waals surface area contributed by atoms with Crippen LogP contribution in [0.3, 0.4) is 0 Å². The van der Waals surface area contributed by atoms with Crippen LogP contribution in [-0.2, 0) is 5.88 Å². The van der Waals surface area contributed by atoms with Crippen LogP contribution in [0.15, 0.2) is 36.9 Å². The second-order valence-electron chi connectivity index (χ2n) is 3.18. The van der Waals surface area contributed by atoms with Gasteiger partial charge < -0.3 is 4.57 Å². The molecule has 16 heavy (non-hydrogen) atoms. The smallest absolute Gasteiger partial charge is 0.293 e. The van der Waals surface area contributed by atoms with Gasteiger partial charge in [-0.1, -0.05) is 6.07 Å². The maximum atomic E-state index is 10.9. The molecule has 1 aromatic carbocycles. The van der Waals surface area contributed by atoms with E-state index in [0.717, 1.165) is 5.56 Å². The van der Waals surface area contributed by atoms with E-state index >= 15 is 0 Å². The first kappa shape index (κ1) is 10.6. The molecule has 0 aliphatic rings. The standard InChI is InChI=1S/C10H8ClN3O2/c11-6-8-1-2-9(10(5-8)14(15)16)13-4-3-12-7-13/h1-5,7H,6H2. The molecular formula is C10H8ClN3O2. The molecule has 0 aliphatic heterocycles. The first-order chi connectivity index (χ1) is 7.72. The summed E-state index contributed by atoms with van der Waals surface area (Å²) in [6.45, 7) is 0. The lowest BCUT2D eigenvalue weighted by molar-refractivity contribution is -0.384. The van der Waals surface area contributed by atoms with Gasteiger partial charge in [-0.25, -0.2) is 4.98 Å². The Bertz CT molecular complexity index is 511. The van der Waals surface area contributed by atoms with Crippen molar-refractivity contribution in [1.82, 2.24) is 9.55 Å². The predicted octanol–water partition coefficient (Wildman–Crippen LogP) is 2.52. The number of alkyl halides is 1. The van der Waals surface area contributed by atoms with Gasteiger partial charge in [0.2, 0.25) is 0 Å². The van der Waals surface area contributed by atoms with Crippen molar-refractivity contribution in [3.8, 4) is 5.69 Å². The van der Waals surface area contributed by atoms with Crippen molar-refractivity contribution < 1.29 is 4.92 Å². The lowest BCUT2D eigenvalue weighted by atomic mass is 10.2. The average molecular weight is 238 g/mol. The van der Waals surface area contributed by atoms with Crippen LogP contribution in [0.2, 0.25) is 0 Å². The minimum absolute atomic E-state index is 0.0242. The molecule has 0 amide bonds. The SMILES string of the molecule is O=[N+]([O-])c1cc(CCl)ccc1-n1ccnc1. The van der Waals surface area contributed by atoms with Gasteiger partial charge in [-0.15, -0.1) is 11.6 Å². The maximum absolute atomic E-state index is 10.9. The lowest BCUT2D eigenvalue weighted by Crippen LogP contribution is -1.99. The average Bonchev–Trinajstić information content (AvgIpc) is 2.81. The molecule has 0 radical (unpaired) electrons. The van der Waals surface area contributed by atoms with Gasteiger partial charge in [0, 0.05) is 24.3 Å². The number of aromatic nitrogens is 2. The number of hydrogen-bond donors (Lipinski definition) is 0. The Kier molecular flexibility index (Phi) is 2.87. The molecule has 0 spiro atoms. The molecule has 0 N–H and O–H groups in total. The molecule has 1 heterocycles. The van der Waals surface area contributed by atoms with E-state index in [-0.39, 0.29) is 11.6 Å². The van der Waals surface area contributed by atoms with E-state index in [1.165, 1.54) is 12.4 Å². The van der Waals surface area contributed by atoms with Crippen LogP contribution in [0, 0.1) is 10.1 Å². The van der Waals surface area contributed by atoms with Crippen LogP contribution in [0.25, 0.3) is 5.69 Å². The fraction of sp³-hybridized carbons (Fsp3) is 0.100. The van der Waals surface area contributed by atoms with Gasteiger partial charge in [0.1, 0.15) is 5.69 Å². The number of hydrogen-bond acceptors (Lipinski definition) is 3. The van der Waals surface area contributed by atoms with Crippen molar-refractivity contribution in [3.63, 3.8) is 0 Å². The summed E-state index contributed by atoms with van der Waals surface area (Å²) in [4.78, 5) is 14.3. The van der Waals surface area contributed by atoms with Crippen LogP contribution < -0.4 is 0 Å². The van der Waals surface area contributed by atoms with Crippen molar-refractivity contribution in [2.24, 2.45) is 0 Å². The van der Waals surface area contributed by atoms with Crippen molar-refractivity contribution in [1.29, 1.82) is 0 Å². The fourth-order valence-corrected chi connectivity index (χ4v) is 1.58. The van der Waals surface area contributed by atoms with E-state index in [2.05, 4.69) is 4.98 Å². The summed E-state index contributed by atoms with van der Waals surface area (Å²) in [5, 5.41) is 10.9. The molecule has 0 bridgehead atoms. The summed E-state index contributed by atoms with van der Waals surface area (Å²) in [6, 6.07) is 4.90. The Morgan fingerprint density at radius 2 is 2.31 bits per heavy atom. The van der Waals surface area contributed by atoms with Gasteiger partial charge in [-0.2, -0.15) is 0 Å². The molecule has 0 saturated carbocycles. The number of benzene rings is 1. The molecule has 5 nitrogen and oxygen atoms in total. The second-order valence-corrected chi connectivity index (χ2v) is 3.45.